The van der Waals surface area contributed by atoms with Gasteiger partial charge in [-0.1, -0.05) is 24.3 Å². The first-order valence-corrected chi connectivity index (χ1v) is 7.59. The lowest BCUT2D eigenvalue weighted by atomic mass is 9.93. The lowest BCUT2D eigenvalue weighted by Gasteiger charge is -2.42. The summed E-state index contributed by atoms with van der Waals surface area (Å²) in [7, 11) is 0. The van der Waals surface area contributed by atoms with E-state index < -0.39 is 0 Å². The molecule has 1 aliphatic carbocycles. The van der Waals surface area contributed by atoms with Crippen LogP contribution in [0.1, 0.15) is 11.1 Å². The fourth-order valence-electron chi connectivity index (χ4n) is 3.21. The van der Waals surface area contributed by atoms with E-state index in [0.29, 0.717) is 0 Å². The van der Waals surface area contributed by atoms with Gasteiger partial charge < -0.3 is 5.73 Å². The summed E-state index contributed by atoms with van der Waals surface area (Å²) in [6.45, 7) is 3.19. The smallest absolute Gasteiger partial charge is 0.0412 e. The van der Waals surface area contributed by atoms with Gasteiger partial charge in [-0.25, -0.2) is 0 Å². The van der Waals surface area contributed by atoms with Crippen molar-refractivity contribution in [2.75, 3.05) is 31.1 Å². The Morgan fingerprint density at radius 3 is 2.24 bits per heavy atom. The van der Waals surface area contributed by atoms with E-state index in [2.05, 4.69) is 40.9 Å². The standard InChI is InChI=1S/C14H20N2S/c15-11-14(16-5-7-17-8-6-16)9-12-3-1-2-4-13(12)10-14/h1-4H,5-11,15H2. The van der Waals surface area contributed by atoms with E-state index in [0.717, 1.165) is 19.4 Å². The van der Waals surface area contributed by atoms with Gasteiger partial charge in [0.15, 0.2) is 0 Å². The number of rotatable bonds is 2. The Balaban J connectivity index is 1.86. The molecule has 0 radical (unpaired) electrons. The summed E-state index contributed by atoms with van der Waals surface area (Å²) < 4.78 is 0. The SMILES string of the molecule is NCC1(N2CCSCC2)Cc2ccccc2C1. The fraction of sp³-hybridized carbons (Fsp3) is 0.571. The molecule has 1 aliphatic heterocycles. The van der Waals surface area contributed by atoms with Gasteiger partial charge >= 0.3 is 0 Å². The summed E-state index contributed by atoms with van der Waals surface area (Å²) in [6, 6.07) is 8.84. The Morgan fingerprint density at radius 2 is 1.71 bits per heavy atom. The molecule has 0 spiro atoms. The van der Waals surface area contributed by atoms with Crippen molar-refractivity contribution in [2.45, 2.75) is 18.4 Å². The molecule has 1 saturated heterocycles. The zero-order valence-electron chi connectivity index (χ0n) is 10.2. The molecule has 1 aromatic rings. The molecule has 0 saturated carbocycles. The van der Waals surface area contributed by atoms with Crippen LogP contribution in [0.4, 0.5) is 0 Å². The molecule has 3 rings (SSSR count). The number of hydrogen-bond acceptors (Lipinski definition) is 3. The van der Waals surface area contributed by atoms with Crippen LogP contribution in [0.2, 0.25) is 0 Å². The summed E-state index contributed by atoms with van der Waals surface area (Å²) in [5, 5.41) is 0. The molecule has 2 aliphatic rings. The lowest BCUT2D eigenvalue weighted by Crippen LogP contribution is -2.57. The number of hydrogen-bond donors (Lipinski definition) is 1. The van der Waals surface area contributed by atoms with Crippen LogP contribution in [0.3, 0.4) is 0 Å². The predicted octanol–water partition coefficient (Wildman–Crippen LogP) is 1.53. The minimum atomic E-state index is 0.213. The molecule has 3 heteroatoms. The van der Waals surface area contributed by atoms with Crippen LogP contribution >= 0.6 is 11.8 Å². The van der Waals surface area contributed by atoms with Crippen LogP contribution in [-0.2, 0) is 12.8 Å². The Hall–Kier alpha value is -0.510. The van der Waals surface area contributed by atoms with Gasteiger partial charge in [0.2, 0.25) is 0 Å². The molecule has 1 aromatic carbocycles. The minimum Gasteiger partial charge on any atom is -0.329 e. The minimum absolute atomic E-state index is 0.213. The predicted molar refractivity (Wildman–Crippen MR) is 74.5 cm³/mol. The largest absolute Gasteiger partial charge is 0.329 e. The molecule has 1 heterocycles. The highest BCUT2D eigenvalue weighted by Crippen LogP contribution is 2.35. The quantitative estimate of drug-likeness (QED) is 0.861. The van der Waals surface area contributed by atoms with E-state index in [4.69, 9.17) is 5.73 Å². The van der Waals surface area contributed by atoms with Gasteiger partial charge in [-0.3, -0.25) is 4.90 Å². The van der Waals surface area contributed by atoms with Gasteiger partial charge in [0.25, 0.3) is 0 Å². The van der Waals surface area contributed by atoms with Crippen molar-refractivity contribution >= 4 is 11.8 Å². The first-order valence-electron chi connectivity index (χ1n) is 6.44. The third kappa shape index (κ3) is 2.01. The summed E-state index contributed by atoms with van der Waals surface area (Å²) in [4.78, 5) is 2.64. The Labute approximate surface area is 108 Å². The second kappa shape index (κ2) is 4.63. The van der Waals surface area contributed by atoms with E-state index in [1.54, 1.807) is 0 Å². The third-order valence-electron chi connectivity index (χ3n) is 4.22. The second-order valence-electron chi connectivity index (χ2n) is 5.15. The fourth-order valence-corrected chi connectivity index (χ4v) is 4.11. The first kappa shape index (κ1) is 11.6. The molecule has 17 heavy (non-hydrogen) atoms. The van der Waals surface area contributed by atoms with E-state index in [1.165, 1.54) is 35.7 Å². The number of fused-ring (bicyclic) bond motifs is 1. The first-order chi connectivity index (χ1) is 8.34. The van der Waals surface area contributed by atoms with Crippen LogP contribution in [0.25, 0.3) is 0 Å². The molecule has 0 amide bonds. The molecule has 0 aromatic heterocycles. The van der Waals surface area contributed by atoms with Crippen LogP contribution < -0.4 is 5.73 Å². The van der Waals surface area contributed by atoms with Gasteiger partial charge in [0, 0.05) is 36.7 Å². The van der Waals surface area contributed by atoms with Crippen molar-refractivity contribution in [3.05, 3.63) is 35.4 Å². The lowest BCUT2D eigenvalue weighted by molar-refractivity contribution is 0.115. The second-order valence-corrected chi connectivity index (χ2v) is 6.37. The molecule has 2 N–H and O–H groups in total. The zero-order chi connectivity index (χ0) is 11.7. The summed E-state index contributed by atoms with van der Waals surface area (Å²) in [5.74, 6) is 2.52. The summed E-state index contributed by atoms with van der Waals surface area (Å²) >= 11 is 2.07. The van der Waals surface area contributed by atoms with Crippen molar-refractivity contribution < 1.29 is 0 Å². The molecular weight excluding hydrogens is 228 g/mol. The van der Waals surface area contributed by atoms with Gasteiger partial charge in [-0.2, -0.15) is 11.8 Å². The molecule has 0 unspecified atom stereocenters. The number of nitrogens with zero attached hydrogens (tertiary/aromatic N) is 1. The number of thioether (sulfide) groups is 1. The van der Waals surface area contributed by atoms with Gasteiger partial charge in [-0.15, -0.1) is 0 Å². The van der Waals surface area contributed by atoms with Crippen molar-refractivity contribution in [1.29, 1.82) is 0 Å². The van der Waals surface area contributed by atoms with E-state index in [9.17, 15) is 0 Å². The number of nitrogens with two attached hydrogens (primary N) is 1. The maximum atomic E-state index is 6.13. The van der Waals surface area contributed by atoms with Crippen molar-refractivity contribution in [3.8, 4) is 0 Å². The highest BCUT2D eigenvalue weighted by atomic mass is 32.2. The van der Waals surface area contributed by atoms with Crippen molar-refractivity contribution in [2.24, 2.45) is 5.73 Å². The van der Waals surface area contributed by atoms with Crippen LogP contribution in [0.5, 0.6) is 0 Å². The molecule has 0 atom stereocenters. The third-order valence-corrected chi connectivity index (χ3v) is 5.16. The van der Waals surface area contributed by atoms with E-state index in [1.807, 2.05) is 0 Å². The number of benzene rings is 1. The van der Waals surface area contributed by atoms with Crippen LogP contribution in [0.15, 0.2) is 24.3 Å². The normalized spacial score (nSPS) is 23.6. The average molecular weight is 248 g/mol. The molecule has 1 fully saturated rings. The molecule has 92 valence electrons. The van der Waals surface area contributed by atoms with Crippen molar-refractivity contribution in [3.63, 3.8) is 0 Å². The summed E-state index contributed by atoms with van der Waals surface area (Å²) in [6.07, 6.45) is 2.29. The highest BCUT2D eigenvalue weighted by Gasteiger charge is 2.41. The highest BCUT2D eigenvalue weighted by molar-refractivity contribution is 7.99. The van der Waals surface area contributed by atoms with Gasteiger partial charge in [-0.05, 0) is 24.0 Å². The maximum Gasteiger partial charge on any atom is 0.0412 e. The summed E-state index contributed by atoms with van der Waals surface area (Å²) in [5.41, 5.74) is 9.36. The zero-order valence-corrected chi connectivity index (χ0v) is 11.0. The Bertz CT molecular complexity index is 374. The average Bonchev–Trinajstić information content (AvgIpc) is 2.79. The monoisotopic (exact) mass is 248 g/mol. The van der Waals surface area contributed by atoms with E-state index >= 15 is 0 Å². The molecular formula is C14H20N2S. The van der Waals surface area contributed by atoms with Crippen LogP contribution in [0, 0.1) is 0 Å². The Kier molecular flexibility index (Phi) is 3.16. The van der Waals surface area contributed by atoms with Gasteiger partial charge in [0.1, 0.15) is 0 Å². The van der Waals surface area contributed by atoms with E-state index in [-0.39, 0.29) is 5.54 Å². The van der Waals surface area contributed by atoms with Crippen LogP contribution in [-0.4, -0.2) is 41.6 Å². The van der Waals surface area contributed by atoms with Gasteiger partial charge in [0.05, 0.1) is 0 Å². The maximum absolute atomic E-state index is 6.13. The Morgan fingerprint density at radius 1 is 1.12 bits per heavy atom. The topological polar surface area (TPSA) is 29.3 Å². The molecule has 2 nitrogen and oxygen atoms in total. The van der Waals surface area contributed by atoms with Crippen molar-refractivity contribution in [1.82, 2.24) is 4.90 Å². The molecule has 0 bridgehead atoms.